The second kappa shape index (κ2) is 9.13. The van der Waals surface area contributed by atoms with Gasteiger partial charge in [0.1, 0.15) is 4.88 Å². The maximum Gasteiger partial charge on any atom is 0.267 e. The maximum atomic E-state index is 12.9. The van der Waals surface area contributed by atoms with Crippen molar-refractivity contribution in [1.29, 1.82) is 0 Å². The van der Waals surface area contributed by atoms with Crippen molar-refractivity contribution in [2.45, 2.75) is 32.2 Å². The molecule has 30 heavy (non-hydrogen) atoms. The highest BCUT2D eigenvalue weighted by Crippen LogP contribution is 2.29. The third kappa shape index (κ3) is 4.38. The van der Waals surface area contributed by atoms with E-state index in [1.165, 1.54) is 0 Å². The van der Waals surface area contributed by atoms with Crippen molar-refractivity contribution >= 4 is 23.3 Å². The Labute approximate surface area is 179 Å². The van der Waals surface area contributed by atoms with Crippen molar-refractivity contribution in [2.75, 3.05) is 13.1 Å². The predicted molar refractivity (Wildman–Crippen MR) is 114 cm³/mol. The number of likely N-dealkylation sites (tertiary alicyclic amines) is 1. The Morgan fingerprint density at radius 1 is 1.20 bits per heavy atom. The zero-order valence-corrected chi connectivity index (χ0v) is 17.6. The van der Waals surface area contributed by atoms with Crippen LogP contribution in [0.5, 0.6) is 0 Å². The normalized spacial score (nSPS) is 16.3. The minimum atomic E-state index is -0.145. The van der Waals surface area contributed by atoms with Crippen LogP contribution in [0.2, 0.25) is 0 Å². The third-order valence-corrected chi connectivity index (χ3v) is 6.14. The standard InChI is InChI=1S/C22H23N5O2S/c1-15-20(30-26-25-15)22(29)27-12-6-9-17(14-27)19-18(10-5-11-23-19)21(28)24-13-16-7-3-2-4-8-16/h2-5,7-8,10-11,17H,6,9,12-14H2,1H3,(H,24,28)/t17-/m0/s1. The molecule has 3 heterocycles. The molecule has 1 N–H and O–H groups in total. The summed E-state index contributed by atoms with van der Waals surface area (Å²) in [6.07, 6.45) is 3.46. The van der Waals surface area contributed by atoms with Crippen molar-refractivity contribution < 1.29 is 9.59 Å². The van der Waals surface area contributed by atoms with Crippen LogP contribution in [0.1, 0.15) is 55.7 Å². The van der Waals surface area contributed by atoms with Gasteiger partial charge in [0, 0.05) is 31.7 Å². The molecule has 0 aliphatic carbocycles. The Morgan fingerprint density at radius 3 is 2.80 bits per heavy atom. The fourth-order valence-corrected chi connectivity index (χ4v) is 4.39. The van der Waals surface area contributed by atoms with Gasteiger partial charge in [0.25, 0.3) is 11.8 Å². The molecule has 4 rings (SSSR count). The number of piperidine rings is 1. The summed E-state index contributed by atoms with van der Waals surface area (Å²) in [5.41, 5.74) is 3.02. The number of rotatable bonds is 5. The van der Waals surface area contributed by atoms with Gasteiger partial charge in [0.15, 0.2) is 0 Å². The molecule has 0 saturated carbocycles. The van der Waals surface area contributed by atoms with Crippen LogP contribution in [-0.2, 0) is 6.54 Å². The van der Waals surface area contributed by atoms with Gasteiger partial charge in [-0.1, -0.05) is 34.8 Å². The molecular weight excluding hydrogens is 398 g/mol. The third-order valence-electron chi connectivity index (χ3n) is 5.32. The number of pyridine rings is 1. The first-order valence-corrected chi connectivity index (χ1v) is 10.8. The second-order valence-electron chi connectivity index (χ2n) is 7.38. The predicted octanol–water partition coefficient (Wildman–Crippen LogP) is 3.19. The zero-order valence-electron chi connectivity index (χ0n) is 16.7. The number of amides is 2. The highest BCUT2D eigenvalue weighted by Gasteiger charge is 2.30. The van der Waals surface area contributed by atoms with Crippen LogP contribution in [0, 0.1) is 6.92 Å². The minimum absolute atomic E-state index is 0.0163. The van der Waals surface area contributed by atoms with E-state index >= 15 is 0 Å². The molecule has 154 valence electrons. The highest BCUT2D eigenvalue weighted by molar-refractivity contribution is 7.07. The maximum absolute atomic E-state index is 12.9. The van der Waals surface area contributed by atoms with E-state index in [-0.39, 0.29) is 17.7 Å². The topological polar surface area (TPSA) is 88.1 Å². The fraction of sp³-hybridized carbons (Fsp3) is 0.318. The molecule has 0 bridgehead atoms. The number of hydrogen-bond acceptors (Lipinski definition) is 6. The average molecular weight is 422 g/mol. The van der Waals surface area contributed by atoms with E-state index in [9.17, 15) is 9.59 Å². The van der Waals surface area contributed by atoms with Crippen LogP contribution >= 0.6 is 11.5 Å². The molecule has 7 nitrogen and oxygen atoms in total. The van der Waals surface area contributed by atoms with E-state index in [1.54, 1.807) is 25.3 Å². The Bertz CT molecular complexity index is 1040. The van der Waals surface area contributed by atoms with Crippen LogP contribution in [0.3, 0.4) is 0 Å². The molecule has 1 atom stereocenters. The first-order valence-electron chi connectivity index (χ1n) is 9.98. The summed E-state index contributed by atoms with van der Waals surface area (Å²) in [6.45, 7) is 3.48. The van der Waals surface area contributed by atoms with E-state index in [0.717, 1.165) is 35.6 Å². The summed E-state index contributed by atoms with van der Waals surface area (Å²) in [6, 6.07) is 13.4. The first-order chi connectivity index (χ1) is 14.6. The van der Waals surface area contributed by atoms with Crippen molar-refractivity contribution in [3.05, 3.63) is 76.1 Å². The minimum Gasteiger partial charge on any atom is -0.348 e. The van der Waals surface area contributed by atoms with Gasteiger partial charge in [-0.15, -0.1) is 5.10 Å². The van der Waals surface area contributed by atoms with Gasteiger partial charge in [0.2, 0.25) is 0 Å². The fourth-order valence-electron chi connectivity index (χ4n) is 3.76. The summed E-state index contributed by atoms with van der Waals surface area (Å²) in [7, 11) is 0. The smallest absolute Gasteiger partial charge is 0.267 e. The molecule has 2 aromatic heterocycles. The summed E-state index contributed by atoms with van der Waals surface area (Å²) >= 11 is 1.13. The van der Waals surface area contributed by atoms with Gasteiger partial charge in [-0.3, -0.25) is 14.6 Å². The van der Waals surface area contributed by atoms with Crippen LogP contribution in [0.25, 0.3) is 0 Å². The van der Waals surface area contributed by atoms with E-state index in [0.29, 0.717) is 35.8 Å². The largest absolute Gasteiger partial charge is 0.348 e. The summed E-state index contributed by atoms with van der Waals surface area (Å²) in [5, 5.41) is 6.93. The first kappa shape index (κ1) is 20.2. The van der Waals surface area contributed by atoms with Gasteiger partial charge in [0.05, 0.1) is 17.0 Å². The van der Waals surface area contributed by atoms with E-state index < -0.39 is 0 Å². The van der Waals surface area contributed by atoms with Crippen LogP contribution in [0.4, 0.5) is 0 Å². The molecule has 3 aromatic rings. The number of aromatic nitrogens is 3. The molecule has 0 spiro atoms. The molecule has 1 aliphatic rings. The monoisotopic (exact) mass is 421 g/mol. The number of nitrogens with one attached hydrogen (secondary N) is 1. The Kier molecular flexibility index (Phi) is 6.13. The van der Waals surface area contributed by atoms with E-state index in [4.69, 9.17) is 0 Å². The lowest BCUT2D eigenvalue weighted by molar-refractivity contribution is 0.0709. The summed E-state index contributed by atoms with van der Waals surface area (Å²) < 4.78 is 3.88. The highest BCUT2D eigenvalue weighted by atomic mass is 32.1. The van der Waals surface area contributed by atoms with Crippen molar-refractivity contribution in [3.8, 4) is 0 Å². The van der Waals surface area contributed by atoms with Crippen LogP contribution in [-0.4, -0.2) is 44.4 Å². The van der Waals surface area contributed by atoms with Crippen LogP contribution in [0.15, 0.2) is 48.7 Å². The summed E-state index contributed by atoms with van der Waals surface area (Å²) in [5.74, 6) is -0.173. The molecular formula is C22H23N5O2S. The lowest BCUT2D eigenvalue weighted by Gasteiger charge is -2.32. The lowest BCUT2D eigenvalue weighted by atomic mass is 9.91. The second-order valence-corrected chi connectivity index (χ2v) is 8.14. The number of carbonyl (C=O) groups excluding carboxylic acids is 2. The molecule has 1 aliphatic heterocycles. The molecule has 8 heteroatoms. The van der Waals surface area contributed by atoms with Crippen LogP contribution < -0.4 is 5.32 Å². The number of aryl methyl sites for hydroxylation is 1. The van der Waals surface area contributed by atoms with Crippen molar-refractivity contribution in [2.24, 2.45) is 0 Å². The molecule has 1 fully saturated rings. The number of hydrogen-bond donors (Lipinski definition) is 1. The van der Waals surface area contributed by atoms with E-state index in [2.05, 4.69) is 19.9 Å². The molecule has 1 aromatic carbocycles. The van der Waals surface area contributed by atoms with Crippen molar-refractivity contribution in [1.82, 2.24) is 24.8 Å². The van der Waals surface area contributed by atoms with Gasteiger partial charge in [-0.25, -0.2) is 0 Å². The Morgan fingerprint density at radius 2 is 2.03 bits per heavy atom. The van der Waals surface area contributed by atoms with Gasteiger partial charge in [-0.05, 0) is 49.0 Å². The van der Waals surface area contributed by atoms with Gasteiger partial charge in [-0.2, -0.15) is 0 Å². The van der Waals surface area contributed by atoms with Crippen molar-refractivity contribution in [3.63, 3.8) is 0 Å². The Hall–Kier alpha value is -3.13. The molecule has 0 radical (unpaired) electrons. The lowest BCUT2D eigenvalue weighted by Crippen LogP contribution is -2.40. The number of nitrogens with zero attached hydrogens (tertiary/aromatic N) is 4. The van der Waals surface area contributed by atoms with Gasteiger partial charge >= 0.3 is 0 Å². The summed E-state index contributed by atoms with van der Waals surface area (Å²) in [4.78, 5) is 32.7. The number of benzene rings is 1. The quantitative estimate of drug-likeness (QED) is 0.684. The molecule has 0 unspecified atom stereocenters. The number of carbonyl (C=O) groups is 2. The molecule has 1 saturated heterocycles. The van der Waals surface area contributed by atoms with Gasteiger partial charge < -0.3 is 10.2 Å². The van der Waals surface area contributed by atoms with E-state index in [1.807, 2.05) is 35.2 Å². The SMILES string of the molecule is Cc1nnsc1C(=O)N1CCC[C@H](c2ncccc2C(=O)NCc2ccccc2)C1. The average Bonchev–Trinajstić information content (AvgIpc) is 3.23. The zero-order chi connectivity index (χ0) is 20.9. The Balaban J connectivity index is 1.49. The molecule has 2 amide bonds.